The number of nitrogens with one attached hydrogen (secondary N) is 1. The molecule has 0 aliphatic heterocycles. The van der Waals surface area contributed by atoms with Crippen molar-refractivity contribution in [2.75, 3.05) is 18.4 Å². The number of sulfonamides is 1. The number of nitrogens with zero attached hydrogens (tertiary/aromatic N) is 1. The van der Waals surface area contributed by atoms with Crippen LogP contribution in [0.5, 0.6) is 0 Å². The van der Waals surface area contributed by atoms with Crippen molar-refractivity contribution in [3.63, 3.8) is 0 Å². The molecule has 1 N–H and O–H groups in total. The molecule has 0 aliphatic rings. The van der Waals surface area contributed by atoms with E-state index in [1.807, 2.05) is 0 Å². The molecule has 0 aliphatic carbocycles. The van der Waals surface area contributed by atoms with Crippen molar-refractivity contribution >= 4 is 21.6 Å². The van der Waals surface area contributed by atoms with Gasteiger partial charge in [0.1, 0.15) is 5.82 Å². The van der Waals surface area contributed by atoms with Crippen molar-refractivity contribution in [3.8, 4) is 0 Å². The molecule has 0 aromatic heterocycles. The molecule has 5 nitrogen and oxygen atoms in total. The molecule has 0 bridgehead atoms. The van der Waals surface area contributed by atoms with E-state index in [0.29, 0.717) is 29.9 Å². The summed E-state index contributed by atoms with van der Waals surface area (Å²) in [5, 5.41) is 2.65. The highest BCUT2D eigenvalue weighted by Crippen LogP contribution is 2.24. The quantitative estimate of drug-likeness (QED) is 0.833. The number of hydrogen-bond acceptors (Lipinski definition) is 3. The number of benzene rings is 2. The van der Waals surface area contributed by atoms with Crippen LogP contribution in [0.1, 0.15) is 35.3 Å². The molecule has 0 spiro atoms. The zero-order valence-electron chi connectivity index (χ0n) is 15.3. The molecule has 26 heavy (non-hydrogen) atoms. The standard InChI is InChI=1S/C19H23FN2O3S/c1-5-22(6-2)26(24,25)18-12-16(10-8-14(18)4)21-19(23)17-11-15(20)9-7-13(17)3/h7-12H,5-6H2,1-4H3,(H,21,23). The van der Waals surface area contributed by atoms with E-state index in [9.17, 15) is 17.6 Å². The molecule has 1 amide bonds. The minimum absolute atomic E-state index is 0.148. The number of aryl methyl sites for hydroxylation is 2. The lowest BCUT2D eigenvalue weighted by Crippen LogP contribution is -2.31. The number of rotatable bonds is 6. The van der Waals surface area contributed by atoms with Gasteiger partial charge in [-0.25, -0.2) is 12.8 Å². The zero-order chi connectivity index (χ0) is 19.5. The molecule has 2 rings (SSSR count). The van der Waals surface area contributed by atoms with Gasteiger partial charge in [-0.1, -0.05) is 26.0 Å². The number of anilines is 1. The first kappa shape index (κ1) is 20.1. The van der Waals surface area contributed by atoms with Gasteiger partial charge in [-0.2, -0.15) is 4.31 Å². The molecule has 0 fully saturated rings. The van der Waals surface area contributed by atoms with E-state index in [-0.39, 0.29) is 10.5 Å². The van der Waals surface area contributed by atoms with Crippen LogP contribution in [-0.4, -0.2) is 31.7 Å². The summed E-state index contributed by atoms with van der Waals surface area (Å²) >= 11 is 0. The molecule has 0 heterocycles. The van der Waals surface area contributed by atoms with Crippen LogP contribution in [0, 0.1) is 19.7 Å². The first-order valence-electron chi connectivity index (χ1n) is 8.39. The van der Waals surface area contributed by atoms with Crippen molar-refractivity contribution in [2.45, 2.75) is 32.6 Å². The minimum atomic E-state index is -3.65. The fraction of sp³-hybridized carbons (Fsp3) is 0.316. The highest BCUT2D eigenvalue weighted by molar-refractivity contribution is 7.89. The zero-order valence-corrected chi connectivity index (χ0v) is 16.2. The molecular formula is C19H23FN2O3S. The van der Waals surface area contributed by atoms with Crippen LogP contribution in [0.2, 0.25) is 0 Å². The Hall–Kier alpha value is -2.25. The minimum Gasteiger partial charge on any atom is -0.322 e. The Labute approximate surface area is 153 Å². The molecule has 2 aromatic carbocycles. The van der Waals surface area contributed by atoms with Crippen molar-refractivity contribution < 1.29 is 17.6 Å². The molecule has 0 saturated heterocycles. The highest BCUT2D eigenvalue weighted by atomic mass is 32.2. The number of amides is 1. The third kappa shape index (κ3) is 4.11. The molecular weight excluding hydrogens is 355 g/mol. The monoisotopic (exact) mass is 378 g/mol. The number of carbonyl (C=O) groups is 1. The van der Waals surface area contributed by atoms with Crippen molar-refractivity contribution in [1.29, 1.82) is 0 Å². The van der Waals surface area contributed by atoms with Gasteiger partial charge in [-0.05, 0) is 49.2 Å². The molecule has 140 valence electrons. The van der Waals surface area contributed by atoms with Crippen LogP contribution in [0.15, 0.2) is 41.3 Å². The number of halogens is 1. The molecule has 2 aromatic rings. The van der Waals surface area contributed by atoms with Gasteiger partial charge in [-0.15, -0.1) is 0 Å². The average molecular weight is 378 g/mol. The van der Waals surface area contributed by atoms with Gasteiger partial charge in [0.25, 0.3) is 5.91 Å². The molecule has 7 heteroatoms. The summed E-state index contributed by atoms with van der Waals surface area (Å²) in [6.45, 7) is 7.68. The number of carbonyl (C=O) groups excluding carboxylic acids is 1. The van der Waals surface area contributed by atoms with Crippen LogP contribution >= 0.6 is 0 Å². The van der Waals surface area contributed by atoms with Crippen LogP contribution in [0.25, 0.3) is 0 Å². The van der Waals surface area contributed by atoms with Gasteiger partial charge in [0.2, 0.25) is 10.0 Å². The summed E-state index contributed by atoms with van der Waals surface area (Å²) < 4.78 is 40.4. The third-order valence-electron chi connectivity index (χ3n) is 4.21. The van der Waals surface area contributed by atoms with E-state index in [1.54, 1.807) is 39.8 Å². The molecule has 0 radical (unpaired) electrons. The second-order valence-corrected chi connectivity index (χ2v) is 7.89. The van der Waals surface area contributed by atoms with Gasteiger partial charge < -0.3 is 5.32 Å². The fourth-order valence-electron chi connectivity index (χ4n) is 2.70. The summed E-state index contributed by atoms with van der Waals surface area (Å²) in [5.74, 6) is -0.994. The normalized spacial score (nSPS) is 11.6. The van der Waals surface area contributed by atoms with Crippen molar-refractivity contribution in [2.24, 2.45) is 0 Å². The van der Waals surface area contributed by atoms with Gasteiger partial charge in [0.05, 0.1) is 4.90 Å². The summed E-state index contributed by atoms with van der Waals surface area (Å²) in [7, 11) is -3.65. The van der Waals surface area contributed by atoms with Gasteiger partial charge >= 0.3 is 0 Å². The third-order valence-corrected chi connectivity index (χ3v) is 6.41. The van der Waals surface area contributed by atoms with Crippen molar-refractivity contribution in [3.05, 3.63) is 58.9 Å². The van der Waals surface area contributed by atoms with Crippen LogP contribution < -0.4 is 5.32 Å². The van der Waals surface area contributed by atoms with Crippen LogP contribution in [0.3, 0.4) is 0 Å². The maximum absolute atomic E-state index is 13.4. The second kappa shape index (κ2) is 7.97. The molecule has 0 unspecified atom stereocenters. The maximum atomic E-state index is 13.4. The average Bonchev–Trinajstić information content (AvgIpc) is 2.59. The Morgan fingerprint density at radius 1 is 1.04 bits per heavy atom. The summed E-state index contributed by atoms with van der Waals surface area (Å²) in [5.41, 5.74) is 1.78. The van der Waals surface area contributed by atoms with Crippen LogP contribution in [-0.2, 0) is 10.0 Å². The van der Waals surface area contributed by atoms with Gasteiger partial charge in [-0.3, -0.25) is 4.79 Å². The van der Waals surface area contributed by atoms with E-state index < -0.39 is 21.7 Å². The summed E-state index contributed by atoms with van der Waals surface area (Å²) in [6.07, 6.45) is 0. The van der Waals surface area contributed by atoms with Gasteiger partial charge in [0.15, 0.2) is 0 Å². The first-order chi connectivity index (χ1) is 12.2. The largest absolute Gasteiger partial charge is 0.322 e. The van der Waals surface area contributed by atoms with E-state index in [1.165, 1.54) is 22.5 Å². The Morgan fingerprint density at radius 2 is 1.65 bits per heavy atom. The summed E-state index contributed by atoms with van der Waals surface area (Å²) in [6, 6.07) is 8.68. The van der Waals surface area contributed by atoms with E-state index in [4.69, 9.17) is 0 Å². The Morgan fingerprint density at radius 3 is 2.27 bits per heavy atom. The van der Waals surface area contributed by atoms with Crippen LogP contribution in [0.4, 0.5) is 10.1 Å². The lowest BCUT2D eigenvalue weighted by Gasteiger charge is -2.20. The Kier molecular flexibility index (Phi) is 6.15. The Balaban J connectivity index is 2.38. The first-order valence-corrected chi connectivity index (χ1v) is 9.83. The van der Waals surface area contributed by atoms with E-state index in [0.717, 1.165) is 6.07 Å². The Bertz CT molecular complexity index is 922. The molecule has 0 atom stereocenters. The highest BCUT2D eigenvalue weighted by Gasteiger charge is 2.24. The van der Waals surface area contributed by atoms with Gasteiger partial charge in [0, 0.05) is 24.3 Å². The second-order valence-electron chi connectivity index (χ2n) is 5.98. The summed E-state index contributed by atoms with van der Waals surface area (Å²) in [4.78, 5) is 12.6. The molecule has 0 saturated carbocycles. The van der Waals surface area contributed by atoms with E-state index >= 15 is 0 Å². The predicted octanol–water partition coefficient (Wildman–Crippen LogP) is 3.73. The lowest BCUT2D eigenvalue weighted by molar-refractivity contribution is 0.102. The number of hydrogen-bond donors (Lipinski definition) is 1. The predicted molar refractivity (Wildman–Crippen MR) is 100 cm³/mol. The van der Waals surface area contributed by atoms with E-state index in [2.05, 4.69) is 5.32 Å². The smallest absolute Gasteiger partial charge is 0.256 e. The van der Waals surface area contributed by atoms with Crippen molar-refractivity contribution in [1.82, 2.24) is 4.31 Å². The topological polar surface area (TPSA) is 66.5 Å². The maximum Gasteiger partial charge on any atom is 0.256 e. The SMILES string of the molecule is CCN(CC)S(=O)(=O)c1cc(NC(=O)c2cc(F)ccc2C)ccc1C. The lowest BCUT2D eigenvalue weighted by atomic mass is 10.1. The fourth-order valence-corrected chi connectivity index (χ4v) is 4.40.